The molecule has 0 radical (unpaired) electrons. The second kappa shape index (κ2) is 4.78. The first-order valence-corrected chi connectivity index (χ1v) is 4.38. The summed E-state index contributed by atoms with van der Waals surface area (Å²) in [6.07, 6.45) is 0. The molecule has 0 aliphatic rings. The van der Waals surface area contributed by atoms with Crippen LogP contribution >= 0.6 is 12.2 Å². The first kappa shape index (κ1) is 11.5. The highest BCUT2D eigenvalue weighted by Crippen LogP contribution is 2.24. The highest BCUT2D eigenvalue weighted by Gasteiger charge is 2.18. The van der Waals surface area contributed by atoms with Crippen LogP contribution in [0.2, 0.25) is 0 Å². The molecule has 0 unspecified atom stereocenters. The van der Waals surface area contributed by atoms with E-state index in [1.54, 1.807) is 0 Å². The van der Waals surface area contributed by atoms with Gasteiger partial charge in [0.2, 0.25) is 0 Å². The van der Waals surface area contributed by atoms with Crippen LogP contribution in [0.4, 0.5) is 15.8 Å². The van der Waals surface area contributed by atoms with E-state index in [9.17, 15) is 9.18 Å². The first-order valence-electron chi connectivity index (χ1n) is 3.91. The van der Waals surface area contributed by atoms with Gasteiger partial charge in [-0.05, 0) is 12.1 Å². The molecule has 80 valence electrons. The minimum Gasteiger partial charge on any atom is -0.397 e. The quantitative estimate of drug-likeness (QED) is 0.296. The number of anilines is 2. The average molecular weight is 228 g/mol. The summed E-state index contributed by atoms with van der Waals surface area (Å²) in [5.74, 6) is 3.74. The third-order valence-electron chi connectivity index (χ3n) is 1.69. The van der Waals surface area contributed by atoms with E-state index in [-0.39, 0.29) is 11.4 Å². The van der Waals surface area contributed by atoms with Crippen LogP contribution in [0.15, 0.2) is 18.2 Å². The van der Waals surface area contributed by atoms with Crippen LogP contribution in [-0.4, -0.2) is 11.3 Å². The zero-order chi connectivity index (χ0) is 11.4. The fourth-order valence-electron chi connectivity index (χ4n) is 1.06. The number of para-hydroxylation sites is 1. The Hall–Kier alpha value is -1.57. The summed E-state index contributed by atoms with van der Waals surface area (Å²) in [6, 6.07) is 4.02. The Labute approximate surface area is 90.8 Å². The summed E-state index contributed by atoms with van der Waals surface area (Å²) in [4.78, 5) is 11.2. The second-order valence-electron chi connectivity index (χ2n) is 2.60. The molecular formula is C8H9FN4OS. The number of amides is 1. The van der Waals surface area contributed by atoms with E-state index >= 15 is 0 Å². The van der Waals surface area contributed by atoms with Crippen LogP contribution in [0.3, 0.4) is 0 Å². The molecule has 5 N–H and O–H groups in total. The summed E-state index contributed by atoms with van der Waals surface area (Å²) in [7, 11) is 0. The summed E-state index contributed by atoms with van der Waals surface area (Å²) < 4.78 is 13.4. The fourth-order valence-corrected chi connectivity index (χ4v) is 1.16. The van der Waals surface area contributed by atoms with Gasteiger partial charge < -0.3 is 5.73 Å². The van der Waals surface area contributed by atoms with Gasteiger partial charge in [0.15, 0.2) is 5.82 Å². The number of nitrogens with zero attached hydrogens (tertiary/aromatic N) is 1. The molecule has 0 saturated carbocycles. The Morgan fingerprint density at radius 2 is 2.27 bits per heavy atom. The molecule has 0 spiro atoms. The van der Waals surface area contributed by atoms with E-state index in [0.717, 1.165) is 16.4 Å². The van der Waals surface area contributed by atoms with Crippen LogP contribution < -0.4 is 22.1 Å². The highest BCUT2D eigenvalue weighted by atomic mass is 32.1. The van der Waals surface area contributed by atoms with Crippen molar-refractivity contribution in [3.05, 3.63) is 24.0 Å². The Morgan fingerprint density at radius 3 is 2.73 bits per heavy atom. The predicted octanol–water partition coefficient (Wildman–Crippen LogP) is 0.119. The monoisotopic (exact) mass is 228 g/mol. The molecule has 15 heavy (non-hydrogen) atoms. The zero-order valence-corrected chi connectivity index (χ0v) is 8.42. The van der Waals surface area contributed by atoms with Crippen molar-refractivity contribution in [3.63, 3.8) is 0 Å². The SMILES string of the molecule is NNN(C(=O)C=S)c1c(N)cccc1F. The number of thiocarbonyl (C=S) groups is 1. The van der Waals surface area contributed by atoms with E-state index in [1.807, 2.05) is 5.53 Å². The van der Waals surface area contributed by atoms with Gasteiger partial charge in [0.25, 0.3) is 5.91 Å². The summed E-state index contributed by atoms with van der Waals surface area (Å²) in [6.45, 7) is 0. The number of carbonyl (C=O) groups excluding carboxylic acids is 1. The van der Waals surface area contributed by atoms with Crippen molar-refractivity contribution in [2.45, 2.75) is 0 Å². The van der Waals surface area contributed by atoms with Crippen molar-refractivity contribution in [1.29, 1.82) is 0 Å². The number of nitrogens with one attached hydrogen (secondary N) is 1. The summed E-state index contributed by atoms with van der Waals surface area (Å²) >= 11 is 4.43. The van der Waals surface area contributed by atoms with Gasteiger partial charge >= 0.3 is 0 Å². The Kier molecular flexibility index (Phi) is 3.67. The number of hydrogen-bond donors (Lipinski definition) is 3. The van der Waals surface area contributed by atoms with Gasteiger partial charge in [0.05, 0.1) is 11.1 Å². The number of halogens is 1. The van der Waals surface area contributed by atoms with Gasteiger partial charge in [-0.2, -0.15) is 5.53 Å². The number of nitrogens with two attached hydrogens (primary N) is 2. The molecule has 7 heteroatoms. The van der Waals surface area contributed by atoms with Crippen molar-refractivity contribution < 1.29 is 9.18 Å². The molecule has 1 rings (SSSR count). The molecule has 0 saturated heterocycles. The lowest BCUT2D eigenvalue weighted by Crippen LogP contribution is -2.48. The lowest BCUT2D eigenvalue weighted by atomic mass is 10.2. The first-order chi connectivity index (χ1) is 7.11. The van der Waals surface area contributed by atoms with Crippen LogP contribution in [0.5, 0.6) is 0 Å². The molecular weight excluding hydrogens is 219 g/mol. The van der Waals surface area contributed by atoms with Gasteiger partial charge in [0.1, 0.15) is 5.69 Å². The highest BCUT2D eigenvalue weighted by molar-refractivity contribution is 7.80. The average Bonchev–Trinajstić information content (AvgIpc) is 2.22. The maximum atomic E-state index is 13.4. The molecule has 0 aliphatic heterocycles. The maximum Gasteiger partial charge on any atom is 0.277 e. The lowest BCUT2D eigenvalue weighted by Gasteiger charge is -2.20. The molecule has 1 amide bonds. The maximum absolute atomic E-state index is 13.4. The molecule has 0 atom stereocenters. The Bertz CT molecular complexity index is 378. The molecule has 0 fully saturated rings. The van der Waals surface area contributed by atoms with Gasteiger partial charge in [-0.1, -0.05) is 18.3 Å². The molecule has 0 aliphatic carbocycles. The fraction of sp³-hybridized carbons (Fsp3) is 0. The van der Waals surface area contributed by atoms with Crippen molar-refractivity contribution in [1.82, 2.24) is 5.53 Å². The third-order valence-corrected chi connectivity index (χ3v) is 1.89. The number of carbonyl (C=O) groups is 1. The van der Waals surface area contributed by atoms with Crippen LogP contribution in [-0.2, 0) is 4.79 Å². The largest absolute Gasteiger partial charge is 0.397 e. The Morgan fingerprint density at radius 1 is 1.60 bits per heavy atom. The molecule has 0 heterocycles. The van der Waals surface area contributed by atoms with E-state index in [1.165, 1.54) is 12.1 Å². The van der Waals surface area contributed by atoms with E-state index in [2.05, 4.69) is 12.2 Å². The molecule has 1 aromatic carbocycles. The molecule has 5 nitrogen and oxygen atoms in total. The second-order valence-corrected chi connectivity index (χ2v) is 2.83. The van der Waals surface area contributed by atoms with Crippen molar-refractivity contribution in [2.24, 2.45) is 5.84 Å². The van der Waals surface area contributed by atoms with Crippen LogP contribution in [0.1, 0.15) is 0 Å². The van der Waals surface area contributed by atoms with Crippen molar-refractivity contribution in [3.8, 4) is 0 Å². The minimum absolute atomic E-state index is 0.0816. The van der Waals surface area contributed by atoms with Crippen LogP contribution in [0.25, 0.3) is 0 Å². The topological polar surface area (TPSA) is 84.4 Å². The van der Waals surface area contributed by atoms with Crippen molar-refractivity contribution >= 4 is 34.9 Å². The van der Waals surface area contributed by atoms with E-state index in [0.29, 0.717) is 0 Å². The number of hydrogen-bond acceptors (Lipinski definition) is 5. The van der Waals surface area contributed by atoms with Gasteiger partial charge in [-0.15, -0.1) is 0 Å². The Balaban J connectivity index is 3.23. The molecule has 1 aromatic rings. The smallest absolute Gasteiger partial charge is 0.277 e. The van der Waals surface area contributed by atoms with Gasteiger partial charge in [0, 0.05) is 0 Å². The third kappa shape index (κ3) is 2.27. The molecule has 0 bridgehead atoms. The van der Waals surface area contributed by atoms with Crippen LogP contribution in [0, 0.1) is 5.82 Å². The van der Waals surface area contributed by atoms with Gasteiger partial charge in [-0.3, -0.25) is 10.6 Å². The predicted molar refractivity (Wildman–Crippen MR) is 59.3 cm³/mol. The molecule has 0 aromatic heterocycles. The number of rotatable bonds is 3. The van der Waals surface area contributed by atoms with Gasteiger partial charge in [-0.25, -0.2) is 9.40 Å². The minimum atomic E-state index is -0.677. The van der Waals surface area contributed by atoms with E-state index in [4.69, 9.17) is 11.6 Å². The normalized spacial score (nSPS) is 9.73. The number of nitrogen functional groups attached to an aromatic ring is 1. The lowest BCUT2D eigenvalue weighted by molar-refractivity contribution is -0.112. The van der Waals surface area contributed by atoms with E-state index < -0.39 is 11.7 Å². The zero-order valence-electron chi connectivity index (χ0n) is 7.61. The number of hydrazine groups is 2. The standard InChI is InChI=1S/C8H9FN4OS/c9-5-2-1-3-6(10)8(5)13(12-11)7(14)4-15/h1-4,12H,10-11H2. The number of benzene rings is 1. The summed E-state index contributed by atoms with van der Waals surface area (Å²) in [5, 5.41) is 1.56. The summed E-state index contributed by atoms with van der Waals surface area (Å²) in [5.41, 5.74) is 7.46. The van der Waals surface area contributed by atoms with Crippen molar-refractivity contribution in [2.75, 3.05) is 10.7 Å².